The molecule has 0 heterocycles. The molecule has 1 N–H and O–H groups in total. The van der Waals surface area contributed by atoms with E-state index in [0.29, 0.717) is 6.61 Å². The van der Waals surface area contributed by atoms with Crippen molar-refractivity contribution in [2.75, 3.05) is 6.61 Å². The van der Waals surface area contributed by atoms with Gasteiger partial charge in [0.25, 0.3) is 5.91 Å². The summed E-state index contributed by atoms with van der Waals surface area (Å²) in [5, 5.41) is 3.02. The molecule has 3 rings (SSSR count). The largest absolute Gasteiger partial charge is 0.490 e. The van der Waals surface area contributed by atoms with Crippen LogP contribution in [0.4, 0.5) is 0 Å². The van der Waals surface area contributed by atoms with Gasteiger partial charge in [-0.3, -0.25) is 4.79 Å². The zero-order valence-electron chi connectivity index (χ0n) is 17.2. The molecule has 0 radical (unpaired) electrons. The lowest BCUT2D eigenvalue weighted by atomic mass is 9.87. The standard InChI is InChI=1S/C25H27NO4/c1-3-17-29-21-14-11-19(12-15-21)13-16-24(27)30-18(2)25(28)26-23-10-6-8-20-7-4-5-9-22(20)23/h3-5,7,9,11-16,18,23H,1,6,8,10,17H2,2H3,(H,26,28)/b16-13+/t18-,23-/m0/s1. The number of ether oxygens (including phenoxy) is 2. The molecule has 5 heteroatoms. The van der Waals surface area contributed by atoms with E-state index in [-0.39, 0.29) is 11.9 Å². The van der Waals surface area contributed by atoms with Gasteiger partial charge in [-0.2, -0.15) is 0 Å². The third-order valence-electron chi connectivity index (χ3n) is 5.01. The second-order valence-corrected chi connectivity index (χ2v) is 7.23. The molecule has 0 spiro atoms. The quantitative estimate of drug-likeness (QED) is 0.402. The summed E-state index contributed by atoms with van der Waals surface area (Å²) in [6.07, 6.45) is 6.70. The van der Waals surface area contributed by atoms with Crippen molar-refractivity contribution in [1.29, 1.82) is 0 Å². The molecule has 2 atom stereocenters. The van der Waals surface area contributed by atoms with Gasteiger partial charge in [-0.1, -0.05) is 49.1 Å². The van der Waals surface area contributed by atoms with Crippen molar-refractivity contribution in [1.82, 2.24) is 5.32 Å². The van der Waals surface area contributed by atoms with Crippen LogP contribution in [0.3, 0.4) is 0 Å². The Morgan fingerprint density at radius 1 is 1.20 bits per heavy atom. The first-order valence-electron chi connectivity index (χ1n) is 10.2. The minimum Gasteiger partial charge on any atom is -0.490 e. The van der Waals surface area contributed by atoms with E-state index in [1.54, 1.807) is 19.1 Å². The number of carbonyl (C=O) groups is 2. The molecule has 0 fully saturated rings. The van der Waals surface area contributed by atoms with Gasteiger partial charge in [0.2, 0.25) is 0 Å². The number of fused-ring (bicyclic) bond motifs is 1. The second kappa shape index (κ2) is 10.4. The lowest BCUT2D eigenvalue weighted by molar-refractivity contribution is -0.150. The Hall–Kier alpha value is -3.34. The lowest BCUT2D eigenvalue weighted by Gasteiger charge is -2.27. The predicted octanol–water partition coefficient (Wildman–Crippen LogP) is 4.39. The number of amides is 1. The SMILES string of the molecule is C=CCOc1ccc(/C=C/C(=O)O[C@@H](C)C(=O)N[C@H]2CCCc3ccccc32)cc1. The Bertz CT molecular complexity index is 917. The molecule has 0 aromatic heterocycles. The molecule has 0 bridgehead atoms. The summed E-state index contributed by atoms with van der Waals surface area (Å²) in [4.78, 5) is 24.6. The smallest absolute Gasteiger partial charge is 0.331 e. The molecule has 156 valence electrons. The molecule has 30 heavy (non-hydrogen) atoms. The van der Waals surface area contributed by atoms with Crippen LogP contribution in [-0.2, 0) is 20.7 Å². The fourth-order valence-corrected chi connectivity index (χ4v) is 3.45. The van der Waals surface area contributed by atoms with Gasteiger partial charge in [-0.05, 0) is 61.1 Å². The third kappa shape index (κ3) is 5.83. The molecule has 1 aliphatic carbocycles. The van der Waals surface area contributed by atoms with Crippen LogP contribution in [0.2, 0.25) is 0 Å². The van der Waals surface area contributed by atoms with Gasteiger partial charge in [0.1, 0.15) is 12.4 Å². The number of aryl methyl sites for hydroxylation is 1. The highest BCUT2D eigenvalue weighted by molar-refractivity contribution is 5.90. The van der Waals surface area contributed by atoms with Crippen LogP contribution in [0.25, 0.3) is 6.08 Å². The van der Waals surface area contributed by atoms with Crippen molar-refractivity contribution in [3.8, 4) is 5.75 Å². The Balaban J connectivity index is 1.51. The molecule has 0 unspecified atom stereocenters. The first-order valence-corrected chi connectivity index (χ1v) is 10.2. The minimum atomic E-state index is -0.870. The average molecular weight is 405 g/mol. The Morgan fingerprint density at radius 2 is 1.97 bits per heavy atom. The van der Waals surface area contributed by atoms with Gasteiger partial charge >= 0.3 is 5.97 Å². The van der Waals surface area contributed by atoms with Crippen molar-refractivity contribution < 1.29 is 19.1 Å². The first kappa shape index (κ1) is 21.4. The lowest BCUT2D eigenvalue weighted by Crippen LogP contribution is -2.39. The van der Waals surface area contributed by atoms with Gasteiger partial charge in [-0.15, -0.1) is 0 Å². The van der Waals surface area contributed by atoms with Crippen LogP contribution >= 0.6 is 0 Å². The summed E-state index contributed by atoms with van der Waals surface area (Å²) in [6, 6.07) is 15.4. The number of carbonyl (C=O) groups excluding carboxylic acids is 2. The van der Waals surface area contributed by atoms with Crippen LogP contribution in [-0.4, -0.2) is 24.6 Å². The highest BCUT2D eigenvalue weighted by Gasteiger charge is 2.24. The highest BCUT2D eigenvalue weighted by Crippen LogP contribution is 2.29. The van der Waals surface area contributed by atoms with Gasteiger partial charge < -0.3 is 14.8 Å². The zero-order chi connectivity index (χ0) is 21.3. The maximum Gasteiger partial charge on any atom is 0.331 e. The van der Waals surface area contributed by atoms with Gasteiger partial charge in [0.15, 0.2) is 6.10 Å². The maximum atomic E-state index is 12.5. The highest BCUT2D eigenvalue weighted by atomic mass is 16.5. The second-order valence-electron chi connectivity index (χ2n) is 7.23. The fourth-order valence-electron chi connectivity index (χ4n) is 3.45. The van der Waals surface area contributed by atoms with E-state index in [9.17, 15) is 9.59 Å². The van der Waals surface area contributed by atoms with E-state index in [4.69, 9.17) is 9.47 Å². The van der Waals surface area contributed by atoms with Crippen LogP contribution in [0.15, 0.2) is 67.3 Å². The Kier molecular flexibility index (Phi) is 7.44. The van der Waals surface area contributed by atoms with Crippen molar-refractivity contribution in [3.63, 3.8) is 0 Å². The molecule has 0 saturated heterocycles. The zero-order valence-corrected chi connectivity index (χ0v) is 17.2. The summed E-state index contributed by atoms with van der Waals surface area (Å²) >= 11 is 0. The summed E-state index contributed by atoms with van der Waals surface area (Å²) < 4.78 is 10.7. The molecule has 0 aliphatic heterocycles. The fraction of sp³-hybridized carbons (Fsp3) is 0.280. The summed E-state index contributed by atoms with van der Waals surface area (Å²) in [5.74, 6) is -0.125. The molecule has 1 amide bonds. The minimum absolute atomic E-state index is 0.0408. The van der Waals surface area contributed by atoms with Crippen molar-refractivity contribution in [2.45, 2.75) is 38.3 Å². The molecule has 2 aromatic rings. The van der Waals surface area contributed by atoms with E-state index in [1.165, 1.54) is 11.6 Å². The van der Waals surface area contributed by atoms with Gasteiger partial charge in [0, 0.05) is 6.08 Å². The Labute approximate surface area is 177 Å². The molecular formula is C25H27NO4. The summed E-state index contributed by atoms with van der Waals surface area (Å²) in [5.41, 5.74) is 3.24. The molecular weight excluding hydrogens is 378 g/mol. The van der Waals surface area contributed by atoms with E-state index < -0.39 is 12.1 Å². The van der Waals surface area contributed by atoms with Crippen LogP contribution in [0, 0.1) is 0 Å². The Morgan fingerprint density at radius 3 is 2.73 bits per heavy atom. The van der Waals surface area contributed by atoms with Gasteiger partial charge in [-0.25, -0.2) is 4.79 Å². The van der Waals surface area contributed by atoms with Gasteiger partial charge in [0.05, 0.1) is 6.04 Å². The van der Waals surface area contributed by atoms with Crippen LogP contribution in [0.5, 0.6) is 5.75 Å². The monoisotopic (exact) mass is 405 g/mol. The summed E-state index contributed by atoms with van der Waals surface area (Å²) in [7, 11) is 0. The average Bonchev–Trinajstić information content (AvgIpc) is 2.77. The molecule has 0 saturated carbocycles. The van der Waals surface area contributed by atoms with Crippen LogP contribution in [0.1, 0.15) is 42.5 Å². The molecule has 2 aromatic carbocycles. The number of benzene rings is 2. The van der Waals surface area contributed by atoms with E-state index >= 15 is 0 Å². The number of rotatable bonds is 8. The predicted molar refractivity (Wildman–Crippen MR) is 117 cm³/mol. The maximum absolute atomic E-state index is 12.5. The molecule has 5 nitrogen and oxygen atoms in total. The van der Waals surface area contributed by atoms with E-state index in [1.807, 2.05) is 42.5 Å². The van der Waals surface area contributed by atoms with Crippen LogP contribution < -0.4 is 10.1 Å². The normalized spacial score (nSPS) is 16.4. The number of hydrogen-bond acceptors (Lipinski definition) is 4. The van der Waals surface area contributed by atoms with E-state index in [2.05, 4.69) is 18.0 Å². The first-order chi connectivity index (χ1) is 14.6. The van der Waals surface area contributed by atoms with Crippen molar-refractivity contribution in [3.05, 3.63) is 84.0 Å². The topological polar surface area (TPSA) is 64.6 Å². The van der Waals surface area contributed by atoms with Crippen molar-refractivity contribution >= 4 is 18.0 Å². The van der Waals surface area contributed by atoms with E-state index in [0.717, 1.165) is 36.1 Å². The number of nitrogens with one attached hydrogen (secondary N) is 1. The number of esters is 1. The number of hydrogen-bond donors (Lipinski definition) is 1. The van der Waals surface area contributed by atoms with Crippen molar-refractivity contribution in [2.24, 2.45) is 0 Å². The summed E-state index contributed by atoms with van der Waals surface area (Å²) in [6.45, 7) is 5.63. The molecule has 1 aliphatic rings. The third-order valence-corrected chi connectivity index (χ3v) is 5.01.